The monoisotopic (exact) mass is 255 g/mol. The Kier molecular flexibility index (Phi) is 3.17. The van der Waals surface area contributed by atoms with Crippen molar-refractivity contribution in [1.82, 2.24) is 9.97 Å². The largest absolute Gasteiger partial charge is 0.367 e. The van der Waals surface area contributed by atoms with Crippen LogP contribution in [0.4, 0.5) is 5.82 Å². The Morgan fingerprint density at radius 1 is 1.12 bits per heavy atom. The van der Waals surface area contributed by atoms with Gasteiger partial charge in [0.15, 0.2) is 0 Å². The fourth-order valence-corrected chi connectivity index (χ4v) is 1.69. The maximum absolute atomic E-state index is 5.93. The number of nitrogens with one attached hydrogen (secondary N) is 1. The molecule has 84 valence electrons. The average Bonchev–Trinajstić information content (AvgIpc) is 2.19. The summed E-state index contributed by atoms with van der Waals surface area (Å²) in [6, 6.07) is 3.75. The quantitative estimate of drug-likeness (QED) is 0.888. The van der Waals surface area contributed by atoms with Gasteiger partial charge in [0.2, 0.25) is 0 Å². The van der Waals surface area contributed by atoms with E-state index in [1.54, 1.807) is 18.3 Å². The predicted molar refractivity (Wildman–Crippen MR) is 68.3 cm³/mol. The molecule has 1 heterocycles. The van der Waals surface area contributed by atoms with Crippen molar-refractivity contribution in [3.8, 4) is 0 Å². The zero-order valence-corrected chi connectivity index (χ0v) is 10.5. The molecule has 0 spiro atoms. The molecule has 0 saturated heterocycles. The summed E-state index contributed by atoms with van der Waals surface area (Å²) in [4.78, 5) is 8.67. The van der Waals surface area contributed by atoms with Crippen molar-refractivity contribution >= 4 is 40.1 Å². The highest BCUT2D eigenvalue weighted by Crippen LogP contribution is 2.26. The molecule has 0 atom stereocenters. The highest BCUT2D eigenvalue weighted by atomic mass is 35.5. The Labute approximate surface area is 104 Å². The molecule has 5 heteroatoms. The van der Waals surface area contributed by atoms with Crippen molar-refractivity contribution in [3.05, 3.63) is 28.4 Å². The predicted octanol–water partition coefficient (Wildman–Crippen LogP) is 3.76. The van der Waals surface area contributed by atoms with Crippen molar-refractivity contribution in [1.29, 1.82) is 0 Å². The van der Waals surface area contributed by atoms with E-state index in [1.807, 2.05) is 13.8 Å². The van der Waals surface area contributed by atoms with Crippen molar-refractivity contribution in [3.63, 3.8) is 0 Å². The maximum atomic E-state index is 5.93. The lowest BCUT2D eigenvalue weighted by molar-refractivity contribution is 0.889. The lowest BCUT2D eigenvalue weighted by Gasteiger charge is -2.09. The van der Waals surface area contributed by atoms with Gasteiger partial charge in [-0.25, -0.2) is 4.98 Å². The first-order valence-electron chi connectivity index (χ1n) is 4.94. The first kappa shape index (κ1) is 11.4. The molecule has 3 nitrogen and oxygen atoms in total. The summed E-state index contributed by atoms with van der Waals surface area (Å²) in [6.07, 6.45) is 1.69. The summed E-state index contributed by atoms with van der Waals surface area (Å²) >= 11 is 11.8. The summed E-state index contributed by atoms with van der Waals surface area (Å²) in [5.74, 6) is 0.737. The number of nitrogens with zero attached hydrogens (tertiary/aromatic N) is 2. The van der Waals surface area contributed by atoms with E-state index in [0.717, 1.165) is 16.9 Å². The summed E-state index contributed by atoms with van der Waals surface area (Å²) in [5.41, 5.74) is 1.48. The molecule has 0 fully saturated rings. The Morgan fingerprint density at radius 3 is 2.38 bits per heavy atom. The second kappa shape index (κ2) is 4.44. The van der Waals surface area contributed by atoms with Gasteiger partial charge in [-0.3, -0.25) is 4.98 Å². The van der Waals surface area contributed by atoms with Crippen LogP contribution in [0.25, 0.3) is 11.0 Å². The highest BCUT2D eigenvalue weighted by Gasteiger charge is 2.05. The molecule has 1 aromatic heterocycles. The zero-order valence-electron chi connectivity index (χ0n) is 8.96. The van der Waals surface area contributed by atoms with E-state index in [0.29, 0.717) is 16.1 Å². The average molecular weight is 256 g/mol. The molecule has 0 radical (unpaired) electrons. The molecule has 2 rings (SSSR count). The van der Waals surface area contributed by atoms with Crippen LogP contribution in [0.15, 0.2) is 18.3 Å². The minimum Gasteiger partial charge on any atom is -0.367 e. The third-order valence-corrected chi connectivity index (χ3v) is 2.74. The number of rotatable bonds is 2. The Morgan fingerprint density at radius 2 is 1.75 bits per heavy atom. The molecular weight excluding hydrogens is 245 g/mol. The molecule has 2 aromatic rings. The lowest BCUT2D eigenvalue weighted by Crippen LogP contribution is -2.11. The molecule has 0 amide bonds. The van der Waals surface area contributed by atoms with Crippen LogP contribution in [0.3, 0.4) is 0 Å². The Bertz CT molecular complexity index is 526. The summed E-state index contributed by atoms with van der Waals surface area (Å²) in [5, 5.41) is 4.17. The number of hydrogen-bond acceptors (Lipinski definition) is 3. The van der Waals surface area contributed by atoms with Crippen molar-refractivity contribution in [2.75, 3.05) is 5.32 Å². The van der Waals surface area contributed by atoms with E-state index in [4.69, 9.17) is 23.2 Å². The van der Waals surface area contributed by atoms with Gasteiger partial charge in [-0.05, 0) is 26.0 Å². The van der Waals surface area contributed by atoms with Crippen LogP contribution < -0.4 is 5.32 Å². The van der Waals surface area contributed by atoms with E-state index in [-0.39, 0.29) is 0 Å². The minimum absolute atomic E-state index is 0.314. The van der Waals surface area contributed by atoms with Gasteiger partial charge in [0.05, 0.1) is 27.3 Å². The maximum Gasteiger partial charge on any atom is 0.145 e. The number of halogens is 2. The Balaban J connectivity index is 2.49. The molecular formula is C11H11Cl2N3. The molecule has 0 unspecified atom stereocenters. The van der Waals surface area contributed by atoms with E-state index >= 15 is 0 Å². The van der Waals surface area contributed by atoms with Crippen molar-refractivity contribution in [2.45, 2.75) is 19.9 Å². The summed E-state index contributed by atoms with van der Waals surface area (Å²) in [6.45, 7) is 4.08. The smallest absolute Gasteiger partial charge is 0.145 e. The first-order valence-corrected chi connectivity index (χ1v) is 5.70. The van der Waals surface area contributed by atoms with Crippen LogP contribution >= 0.6 is 23.2 Å². The normalized spacial score (nSPS) is 11.1. The second-order valence-corrected chi connectivity index (χ2v) is 4.62. The van der Waals surface area contributed by atoms with Crippen LogP contribution in [0.5, 0.6) is 0 Å². The summed E-state index contributed by atoms with van der Waals surface area (Å²) < 4.78 is 0. The second-order valence-electron chi connectivity index (χ2n) is 3.81. The molecule has 0 bridgehead atoms. The molecule has 0 aliphatic heterocycles. The third-order valence-electron chi connectivity index (χ3n) is 2.02. The van der Waals surface area contributed by atoms with E-state index in [1.165, 1.54) is 0 Å². The highest BCUT2D eigenvalue weighted by molar-refractivity contribution is 6.42. The minimum atomic E-state index is 0.314. The van der Waals surface area contributed by atoms with E-state index in [9.17, 15) is 0 Å². The molecule has 0 aliphatic carbocycles. The van der Waals surface area contributed by atoms with Crippen molar-refractivity contribution < 1.29 is 0 Å². The van der Waals surface area contributed by atoms with Crippen molar-refractivity contribution in [2.24, 2.45) is 0 Å². The van der Waals surface area contributed by atoms with E-state index in [2.05, 4.69) is 15.3 Å². The van der Waals surface area contributed by atoms with Gasteiger partial charge in [0.1, 0.15) is 5.82 Å². The zero-order chi connectivity index (χ0) is 11.7. The van der Waals surface area contributed by atoms with Gasteiger partial charge >= 0.3 is 0 Å². The molecule has 16 heavy (non-hydrogen) atoms. The molecule has 0 saturated carbocycles. The lowest BCUT2D eigenvalue weighted by atomic mass is 10.3. The van der Waals surface area contributed by atoms with Crippen LogP contribution in [0.2, 0.25) is 10.0 Å². The molecule has 1 N–H and O–H groups in total. The first-order chi connectivity index (χ1) is 7.56. The summed E-state index contributed by atoms with van der Waals surface area (Å²) in [7, 11) is 0. The topological polar surface area (TPSA) is 37.8 Å². The number of benzene rings is 1. The van der Waals surface area contributed by atoms with Crippen LogP contribution in [-0.4, -0.2) is 16.0 Å². The standard InChI is InChI=1S/C11H11Cl2N3/c1-6(2)15-11-5-14-9-3-7(12)8(13)4-10(9)16-11/h3-6H,1-2H3,(H,15,16). The van der Waals surface area contributed by atoms with E-state index < -0.39 is 0 Å². The number of aromatic nitrogens is 2. The van der Waals surface area contributed by atoms with Gasteiger partial charge in [-0.2, -0.15) is 0 Å². The van der Waals surface area contributed by atoms with Crippen LogP contribution in [-0.2, 0) is 0 Å². The fourth-order valence-electron chi connectivity index (χ4n) is 1.37. The number of anilines is 1. The van der Waals surface area contributed by atoms with Crippen LogP contribution in [0.1, 0.15) is 13.8 Å². The number of fused-ring (bicyclic) bond motifs is 1. The molecule has 1 aromatic carbocycles. The van der Waals surface area contributed by atoms with Gasteiger partial charge in [-0.15, -0.1) is 0 Å². The SMILES string of the molecule is CC(C)Nc1cnc2cc(Cl)c(Cl)cc2n1. The van der Waals surface area contributed by atoms with Gasteiger partial charge < -0.3 is 5.32 Å². The van der Waals surface area contributed by atoms with Gasteiger partial charge in [0.25, 0.3) is 0 Å². The molecule has 0 aliphatic rings. The van der Waals surface area contributed by atoms with Crippen LogP contribution in [0, 0.1) is 0 Å². The van der Waals surface area contributed by atoms with Gasteiger partial charge in [0, 0.05) is 6.04 Å². The Hall–Kier alpha value is -1.06. The fraction of sp³-hybridized carbons (Fsp3) is 0.273. The third kappa shape index (κ3) is 2.36. The van der Waals surface area contributed by atoms with Gasteiger partial charge in [-0.1, -0.05) is 23.2 Å². The number of hydrogen-bond donors (Lipinski definition) is 1.